The fraction of sp³-hybridized carbons (Fsp3) is 0.167. The predicted molar refractivity (Wildman–Crippen MR) is 106 cm³/mol. The highest BCUT2D eigenvalue weighted by atomic mass is 35.5. The number of benzene rings is 2. The van der Waals surface area contributed by atoms with Crippen LogP contribution < -0.4 is 9.46 Å². The second-order valence-corrected chi connectivity index (χ2v) is 8.70. The normalized spacial score (nSPS) is 11.4. The highest BCUT2D eigenvalue weighted by Crippen LogP contribution is 2.32. The zero-order valence-corrected chi connectivity index (χ0v) is 16.9. The molecule has 0 saturated carbocycles. The molecule has 5 nitrogen and oxygen atoms in total. The zero-order chi connectivity index (χ0) is 19.6. The summed E-state index contributed by atoms with van der Waals surface area (Å²) in [4.78, 5) is 4.35. The Morgan fingerprint density at radius 3 is 2.67 bits per heavy atom. The van der Waals surface area contributed by atoms with Gasteiger partial charge in [-0.3, -0.25) is 4.72 Å². The van der Waals surface area contributed by atoms with Crippen molar-refractivity contribution in [3.8, 4) is 17.0 Å². The standard InChI is InChI=1S/C18H16ClFN2O3S2/c1-3-25-17-7-4-12(16-10-26-11(2)21-16)8-18(17)27(23,24)22-13-5-6-15(20)14(19)9-13/h4-10,22H,3H2,1-2H3. The van der Waals surface area contributed by atoms with E-state index in [-0.39, 0.29) is 21.4 Å². The first-order valence-electron chi connectivity index (χ1n) is 7.97. The number of aryl methyl sites for hydroxylation is 1. The molecule has 0 amide bonds. The summed E-state index contributed by atoms with van der Waals surface area (Å²) in [5, 5.41) is 2.56. The molecular formula is C18H16ClFN2O3S2. The zero-order valence-electron chi connectivity index (χ0n) is 14.5. The van der Waals surface area contributed by atoms with Gasteiger partial charge in [0.1, 0.15) is 16.5 Å². The number of hydrogen-bond donors (Lipinski definition) is 1. The molecule has 2 aromatic carbocycles. The lowest BCUT2D eigenvalue weighted by Crippen LogP contribution is -2.15. The second kappa shape index (κ2) is 7.84. The molecule has 0 spiro atoms. The molecule has 0 aliphatic rings. The average Bonchev–Trinajstić information content (AvgIpc) is 3.05. The molecule has 0 unspecified atom stereocenters. The topological polar surface area (TPSA) is 68.3 Å². The van der Waals surface area contributed by atoms with Crippen LogP contribution in [0.3, 0.4) is 0 Å². The number of hydrogen-bond acceptors (Lipinski definition) is 5. The Hall–Kier alpha value is -2.16. The summed E-state index contributed by atoms with van der Waals surface area (Å²) in [6.07, 6.45) is 0. The largest absolute Gasteiger partial charge is 0.492 e. The van der Waals surface area contributed by atoms with Gasteiger partial charge in [-0.05, 0) is 50.2 Å². The van der Waals surface area contributed by atoms with Crippen LogP contribution in [-0.4, -0.2) is 20.0 Å². The van der Waals surface area contributed by atoms with Crippen LogP contribution in [0.1, 0.15) is 11.9 Å². The summed E-state index contributed by atoms with van der Waals surface area (Å²) in [5.74, 6) is -0.413. The van der Waals surface area contributed by atoms with Crippen molar-refractivity contribution in [3.05, 3.63) is 57.6 Å². The number of aromatic nitrogens is 1. The van der Waals surface area contributed by atoms with Gasteiger partial charge >= 0.3 is 0 Å². The maximum absolute atomic E-state index is 13.3. The lowest BCUT2D eigenvalue weighted by atomic mass is 10.2. The van der Waals surface area contributed by atoms with Crippen molar-refractivity contribution in [2.24, 2.45) is 0 Å². The van der Waals surface area contributed by atoms with E-state index in [0.29, 0.717) is 17.9 Å². The average molecular weight is 427 g/mol. The van der Waals surface area contributed by atoms with Crippen molar-refractivity contribution in [2.45, 2.75) is 18.7 Å². The Balaban J connectivity index is 2.04. The van der Waals surface area contributed by atoms with Crippen molar-refractivity contribution in [1.29, 1.82) is 0 Å². The van der Waals surface area contributed by atoms with Crippen LogP contribution in [0.25, 0.3) is 11.3 Å². The molecule has 0 saturated heterocycles. The molecule has 0 fully saturated rings. The minimum atomic E-state index is -4.00. The number of anilines is 1. The molecular weight excluding hydrogens is 411 g/mol. The van der Waals surface area contributed by atoms with Crippen LogP contribution in [0.4, 0.5) is 10.1 Å². The Labute approximate surface area is 165 Å². The van der Waals surface area contributed by atoms with Gasteiger partial charge in [-0.1, -0.05) is 11.6 Å². The van der Waals surface area contributed by atoms with Crippen molar-refractivity contribution in [2.75, 3.05) is 11.3 Å². The van der Waals surface area contributed by atoms with Gasteiger partial charge in [-0.25, -0.2) is 17.8 Å². The Bertz CT molecular complexity index is 1080. The van der Waals surface area contributed by atoms with Gasteiger partial charge in [0.05, 0.1) is 28.0 Å². The Morgan fingerprint density at radius 2 is 2.04 bits per heavy atom. The predicted octanol–water partition coefficient (Wildman–Crippen LogP) is 5.11. The smallest absolute Gasteiger partial charge is 0.265 e. The monoisotopic (exact) mass is 426 g/mol. The van der Waals surface area contributed by atoms with Crippen LogP contribution in [-0.2, 0) is 10.0 Å². The van der Waals surface area contributed by atoms with Crippen molar-refractivity contribution in [3.63, 3.8) is 0 Å². The fourth-order valence-electron chi connectivity index (χ4n) is 2.42. The molecule has 9 heteroatoms. The van der Waals surface area contributed by atoms with Gasteiger partial charge in [0.2, 0.25) is 0 Å². The van der Waals surface area contributed by atoms with E-state index in [4.69, 9.17) is 16.3 Å². The van der Waals surface area contributed by atoms with Crippen LogP contribution >= 0.6 is 22.9 Å². The summed E-state index contributed by atoms with van der Waals surface area (Å²) in [5.41, 5.74) is 1.49. The van der Waals surface area contributed by atoms with Crippen molar-refractivity contribution < 1.29 is 17.5 Å². The fourth-order valence-corrected chi connectivity index (χ4v) is 4.44. The van der Waals surface area contributed by atoms with Gasteiger partial charge in [0.25, 0.3) is 10.0 Å². The molecule has 1 heterocycles. The van der Waals surface area contributed by atoms with E-state index in [1.165, 1.54) is 29.5 Å². The highest BCUT2D eigenvalue weighted by Gasteiger charge is 2.22. The third-order valence-electron chi connectivity index (χ3n) is 3.62. The summed E-state index contributed by atoms with van der Waals surface area (Å²) in [6.45, 7) is 3.95. The van der Waals surface area contributed by atoms with Crippen molar-refractivity contribution >= 4 is 38.6 Å². The molecule has 0 bridgehead atoms. The molecule has 3 aromatic rings. The van der Waals surface area contributed by atoms with Gasteiger partial charge < -0.3 is 4.74 Å². The molecule has 0 radical (unpaired) electrons. The quantitative estimate of drug-likeness (QED) is 0.594. The third-order valence-corrected chi connectivity index (χ3v) is 6.09. The maximum Gasteiger partial charge on any atom is 0.265 e. The molecule has 0 atom stereocenters. The molecule has 0 aliphatic carbocycles. The molecule has 0 aliphatic heterocycles. The van der Waals surface area contributed by atoms with E-state index in [1.807, 2.05) is 12.3 Å². The molecule has 1 aromatic heterocycles. The van der Waals surface area contributed by atoms with Gasteiger partial charge in [-0.15, -0.1) is 11.3 Å². The number of thiazole rings is 1. The van der Waals surface area contributed by atoms with E-state index >= 15 is 0 Å². The van der Waals surface area contributed by atoms with E-state index in [2.05, 4.69) is 9.71 Å². The minimum absolute atomic E-state index is 0.0343. The van der Waals surface area contributed by atoms with Crippen molar-refractivity contribution in [1.82, 2.24) is 4.98 Å². The lowest BCUT2D eigenvalue weighted by Gasteiger charge is -2.14. The van der Waals surface area contributed by atoms with Gasteiger partial charge in [0, 0.05) is 10.9 Å². The SMILES string of the molecule is CCOc1ccc(-c2csc(C)n2)cc1S(=O)(=O)Nc1ccc(F)c(Cl)c1. The van der Waals surface area contributed by atoms with E-state index in [9.17, 15) is 12.8 Å². The van der Waals surface area contributed by atoms with Gasteiger partial charge in [-0.2, -0.15) is 0 Å². The van der Waals surface area contributed by atoms with Crippen LogP contribution in [0.15, 0.2) is 46.7 Å². The number of ether oxygens (including phenoxy) is 1. The van der Waals surface area contributed by atoms with Gasteiger partial charge in [0.15, 0.2) is 0 Å². The maximum atomic E-state index is 13.3. The molecule has 27 heavy (non-hydrogen) atoms. The number of sulfonamides is 1. The lowest BCUT2D eigenvalue weighted by molar-refractivity contribution is 0.331. The molecule has 3 rings (SSSR count). The number of nitrogens with zero attached hydrogens (tertiary/aromatic N) is 1. The summed E-state index contributed by atoms with van der Waals surface area (Å²) >= 11 is 7.21. The first-order valence-corrected chi connectivity index (χ1v) is 10.7. The Kier molecular flexibility index (Phi) is 5.69. The van der Waals surface area contributed by atoms with E-state index in [1.54, 1.807) is 19.1 Å². The molecule has 142 valence electrons. The number of rotatable bonds is 6. The highest BCUT2D eigenvalue weighted by molar-refractivity contribution is 7.92. The molecule has 1 N–H and O–H groups in total. The van der Waals surface area contributed by atoms with E-state index < -0.39 is 15.8 Å². The number of nitrogens with one attached hydrogen (secondary N) is 1. The Morgan fingerprint density at radius 1 is 1.26 bits per heavy atom. The van der Waals surface area contributed by atoms with Crippen LogP contribution in [0.2, 0.25) is 5.02 Å². The van der Waals surface area contributed by atoms with Crippen LogP contribution in [0.5, 0.6) is 5.75 Å². The summed E-state index contributed by atoms with van der Waals surface area (Å²) < 4.78 is 47.1. The van der Waals surface area contributed by atoms with E-state index in [0.717, 1.165) is 11.1 Å². The van der Waals surface area contributed by atoms with Crippen LogP contribution in [0, 0.1) is 12.7 Å². The summed E-state index contributed by atoms with van der Waals surface area (Å²) in [6, 6.07) is 8.47. The third kappa shape index (κ3) is 4.40. The second-order valence-electron chi connectivity index (χ2n) is 5.58. The minimum Gasteiger partial charge on any atom is -0.492 e. The summed E-state index contributed by atoms with van der Waals surface area (Å²) in [7, 11) is -4.00. The first-order chi connectivity index (χ1) is 12.8. The number of halogens is 2. The first kappa shape index (κ1) is 19.6.